The van der Waals surface area contributed by atoms with Gasteiger partial charge in [0.15, 0.2) is 5.82 Å². The zero-order valence-electron chi connectivity index (χ0n) is 10.3. The Morgan fingerprint density at radius 2 is 2.05 bits per heavy atom. The molecule has 0 bridgehead atoms. The van der Waals surface area contributed by atoms with Crippen molar-refractivity contribution in [2.75, 3.05) is 5.75 Å². The lowest BCUT2D eigenvalue weighted by atomic mass is 10.2. The molecule has 1 aromatic carbocycles. The summed E-state index contributed by atoms with van der Waals surface area (Å²) in [6.45, 7) is 0. The van der Waals surface area contributed by atoms with E-state index in [4.69, 9.17) is 16.9 Å². The first kappa shape index (κ1) is 13.9. The van der Waals surface area contributed by atoms with Gasteiger partial charge in [0.25, 0.3) is 0 Å². The van der Waals surface area contributed by atoms with Crippen LogP contribution in [0.25, 0.3) is 11.4 Å². The van der Waals surface area contributed by atoms with Crippen LogP contribution in [-0.4, -0.2) is 20.9 Å². The summed E-state index contributed by atoms with van der Waals surface area (Å²) in [5.41, 5.74) is 0.966. The molecule has 19 heavy (non-hydrogen) atoms. The van der Waals surface area contributed by atoms with Crippen molar-refractivity contribution in [3.8, 4) is 17.5 Å². The third-order valence-corrected chi connectivity index (χ3v) is 3.68. The van der Waals surface area contributed by atoms with Crippen LogP contribution in [0.4, 0.5) is 0 Å². The van der Waals surface area contributed by atoms with Gasteiger partial charge in [-0.1, -0.05) is 23.4 Å². The van der Waals surface area contributed by atoms with Crippen LogP contribution in [0.3, 0.4) is 0 Å². The minimum atomic E-state index is 0.616. The average molecular weight is 293 g/mol. The van der Waals surface area contributed by atoms with Crippen LogP contribution < -0.4 is 0 Å². The molecule has 1 aromatic heterocycles. The van der Waals surface area contributed by atoms with Crippen LogP contribution in [-0.2, 0) is 0 Å². The van der Waals surface area contributed by atoms with Crippen LogP contribution in [0.2, 0.25) is 5.02 Å². The number of unbranched alkanes of at least 4 members (excludes halogenated alkanes) is 2. The van der Waals surface area contributed by atoms with Crippen molar-refractivity contribution in [1.29, 1.82) is 5.26 Å². The number of aromatic nitrogens is 3. The Hall–Kier alpha value is -1.51. The number of nitriles is 1. The minimum Gasteiger partial charge on any atom is -0.258 e. The molecule has 2 rings (SSSR count). The maximum absolute atomic E-state index is 8.44. The number of hydrogen-bond acceptors (Lipinski definition) is 4. The molecule has 4 nitrogen and oxygen atoms in total. The zero-order valence-corrected chi connectivity index (χ0v) is 11.8. The first-order chi connectivity index (χ1) is 9.29. The number of nitrogens with one attached hydrogen (secondary N) is 1. The summed E-state index contributed by atoms with van der Waals surface area (Å²) < 4.78 is 0. The van der Waals surface area contributed by atoms with Gasteiger partial charge in [-0.05, 0) is 37.1 Å². The van der Waals surface area contributed by atoms with E-state index in [0.717, 1.165) is 35.1 Å². The molecule has 0 saturated carbocycles. The van der Waals surface area contributed by atoms with Crippen molar-refractivity contribution in [3.63, 3.8) is 0 Å². The molecular weight excluding hydrogens is 280 g/mol. The Morgan fingerprint density at radius 1 is 1.26 bits per heavy atom. The van der Waals surface area contributed by atoms with Gasteiger partial charge in [0.2, 0.25) is 5.16 Å². The zero-order chi connectivity index (χ0) is 13.5. The molecule has 0 fully saturated rings. The fourth-order valence-corrected chi connectivity index (χ4v) is 2.44. The van der Waals surface area contributed by atoms with Crippen LogP contribution >= 0.6 is 23.4 Å². The highest BCUT2D eigenvalue weighted by Gasteiger charge is 2.05. The van der Waals surface area contributed by atoms with Crippen molar-refractivity contribution >= 4 is 23.4 Å². The predicted octanol–water partition coefficient (Wildman–Crippen LogP) is 3.91. The van der Waals surface area contributed by atoms with E-state index >= 15 is 0 Å². The second-order valence-corrected chi connectivity index (χ2v) is 5.44. The van der Waals surface area contributed by atoms with Gasteiger partial charge >= 0.3 is 0 Å². The molecule has 0 radical (unpaired) electrons. The molecular formula is C13H13ClN4S. The van der Waals surface area contributed by atoms with Gasteiger partial charge in [-0.2, -0.15) is 5.26 Å². The third kappa shape index (κ3) is 4.27. The fourth-order valence-electron chi connectivity index (χ4n) is 1.52. The van der Waals surface area contributed by atoms with Crippen LogP contribution in [0.1, 0.15) is 19.3 Å². The molecule has 0 atom stereocenters. The molecule has 0 spiro atoms. The Morgan fingerprint density at radius 3 is 2.79 bits per heavy atom. The maximum Gasteiger partial charge on any atom is 0.208 e. The van der Waals surface area contributed by atoms with Crippen molar-refractivity contribution in [2.24, 2.45) is 0 Å². The number of benzene rings is 1. The topological polar surface area (TPSA) is 65.4 Å². The molecule has 2 aromatic rings. The van der Waals surface area contributed by atoms with E-state index in [9.17, 15) is 0 Å². The van der Waals surface area contributed by atoms with Crippen molar-refractivity contribution < 1.29 is 0 Å². The molecule has 6 heteroatoms. The fraction of sp³-hybridized carbons (Fsp3) is 0.308. The summed E-state index contributed by atoms with van der Waals surface area (Å²) in [4.78, 5) is 4.42. The number of rotatable bonds is 6. The van der Waals surface area contributed by atoms with Crippen LogP contribution in [0.15, 0.2) is 29.4 Å². The SMILES string of the molecule is N#CCCCCSc1n[nH]c(-c2ccc(Cl)cc2)n1. The Balaban J connectivity index is 1.88. The van der Waals surface area contributed by atoms with Crippen molar-refractivity contribution in [2.45, 2.75) is 24.4 Å². The van der Waals surface area contributed by atoms with Gasteiger partial charge in [0.1, 0.15) is 0 Å². The lowest BCUT2D eigenvalue weighted by Gasteiger charge is -1.95. The standard InChI is InChI=1S/C13H13ClN4S/c14-11-6-4-10(5-7-11)12-16-13(18-17-12)19-9-3-1-2-8-15/h4-7H,1-3,9H2,(H,16,17,18). The summed E-state index contributed by atoms with van der Waals surface area (Å²) in [5.74, 6) is 1.68. The summed E-state index contributed by atoms with van der Waals surface area (Å²) in [7, 11) is 0. The van der Waals surface area contributed by atoms with Gasteiger partial charge < -0.3 is 0 Å². The normalized spacial score (nSPS) is 10.3. The molecule has 0 unspecified atom stereocenters. The number of H-pyrrole nitrogens is 1. The lowest BCUT2D eigenvalue weighted by Crippen LogP contribution is -1.82. The van der Waals surface area contributed by atoms with Gasteiger partial charge in [-0.15, -0.1) is 5.10 Å². The minimum absolute atomic E-state index is 0.616. The molecule has 0 saturated heterocycles. The molecule has 0 aliphatic heterocycles. The number of aromatic amines is 1. The number of nitrogens with zero attached hydrogens (tertiary/aromatic N) is 3. The predicted molar refractivity (Wildman–Crippen MR) is 77.0 cm³/mol. The van der Waals surface area contributed by atoms with E-state index in [1.54, 1.807) is 11.8 Å². The molecule has 0 amide bonds. The second kappa shape index (κ2) is 7.17. The second-order valence-electron chi connectivity index (χ2n) is 3.94. The Labute approximate surface area is 121 Å². The summed E-state index contributed by atoms with van der Waals surface area (Å²) in [6, 6.07) is 9.61. The largest absolute Gasteiger partial charge is 0.258 e. The Bertz CT molecular complexity index is 559. The summed E-state index contributed by atoms with van der Waals surface area (Å²) in [6.07, 6.45) is 2.55. The molecule has 1 N–H and O–H groups in total. The van der Waals surface area contributed by atoms with Crippen molar-refractivity contribution in [3.05, 3.63) is 29.3 Å². The highest BCUT2D eigenvalue weighted by atomic mass is 35.5. The van der Waals surface area contributed by atoms with Gasteiger partial charge in [-0.25, -0.2) is 4.98 Å². The molecule has 0 aliphatic rings. The number of thioether (sulfide) groups is 1. The highest BCUT2D eigenvalue weighted by molar-refractivity contribution is 7.99. The quantitative estimate of drug-likeness (QED) is 0.647. The number of hydrogen-bond donors (Lipinski definition) is 1. The van der Waals surface area contributed by atoms with E-state index in [0.29, 0.717) is 11.4 Å². The highest BCUT2D eigenvalue weighted by Crippen LogP contribution is 2.21. The first-order valence-electron chi connectivity index (χ1n) is 5.97. The maximum atomic E-state index is 8.44. The smallest absolute Gasteiger partial charge is 0.208 e. The van der Waals surface area contributed by atoms with E-state index in [2.05, 4.69) is 21.3 Å². The molecule has 98 valence electrons. The van der Waals surface area contributed by atoms with E-state index < -0.39 is 0 Å². The van der Waals surface area contributed by atoms with Gasteiger partial charge in [-0.3, -0.25) is 5.10 Å². The van der Waals surface area contributed by atoms with E-state index in [1.165, 1.54) is 0 Å². The monoisotopic (exact) mass is 292 g/mol. The number of halogens is 1. The molecule has 0 aliphatic carbocycles. The van der Waals surface area contributed by atoms with E-state index in [1.807, 2.05) is 24.3 Å². The Kier molecular flexibility index (Phi) is 5.25. The lowest BCUT2D eigenvalue weighted by molar-refractivity contribution is 0.827. The average Bonchev–Trinajstić information content (AvgIpc) is 2.88. The van der Waals surface area contributed by atoms with Crippen molar-refractivity contribution in [1.82, 2.24) is 15.2 Å². The van der Waals surface area contributed by atoms with Gasteiger partial charge in [0.05, 0.1) is 6.07 Å². The third-order valence-electron chi connectivity index (χ3n) is 2.50. The summed E-state index contributed by atoms with van der Waals surface area (Å²) in [5, 5.41) is 17.0. The van der Waals surface area contributed by atoms with E-state index in [-0.39, 0.29) is 0 Å². The molecule has 1 heterocycles. The van der Waals surface area contributed by atoms with Crippen LogP contribution in [0.5, 0.6) is 0 Å². The van der Waals surface area contributed by atoms with Gasteiger partial charge in [0, 0.05) is 22.8 Å². The van der Waals surface area contributed by atoms with Crippen LogP contribution in [0, 0.1) is 11.3 Å². The summed E-state index contributed by atoms with van der Waals surface area (Å²) >= 11 is 7.44. The first-order valence-corrected chi connectivity index (χ1v) is 7.34.